The summed E-state index contributed by atoms with van der Waals surface area (Å²) in [6, 6.07) is 5.66. The number of aliphatic hydroxyl groups excluding tert-OH is 4. The van der Waals surface area contributed by atoms with Gasteiger partial charge in [-0.05, 0) is 18.2 Å². The second-order valence-electron chi connectivity index (χ2n) is 7.44. The van der Waals surface area contributed by atoms with E-state index in [-0.39, 0.29) is 28.0 Å². The fourth-order valence-corrected chi connectivity index (χ4v) is 3.49. The van der Waals surface area contributed by atoms with Crippen LogP contribution in [0, 0.1) is 0 Å². The number of rotatable bonds is 4. The number of hydrogen-bond acceptors (Lipinski definition) is 12. The van der Waals surface area contributed by atoms with Crippen molar-refractivity contribution in [3.63, 3.8) is 0 Å². The van der Waals surface area contributed by atoms with Crippen molar-refractivity contribution in [3.05, 3.63) is 40.6 Å². The SMILES string of the molecule is O=c1cc(-c2ccc(O)c(O)c2)oc2cc(O)c(O[C@H]3O[C@@H](CO)[C@H](O)[C@@H](O)[C@@H]3O)c(O)c12. The Balaban J connectivity index is 1.75. The number of aliphatic hydroxyl groups is 4. The average molecular weight is 464 g/mol. The molecule has 0 unspecified atom stereocenters. The highest BCUT2D eigenvalue weighted by molar-refractivity contribution is 5.89. The van der Waals surface area contributed by atoms with Crippen LogP contribution in [0.1, 0.15) is 0 Å². The van der Waals surface area contributed by atoms with Gasteiger partial charge in [-0.1, -0.05) is 0 Å². The van der Waals surface area contributed by atoms with Crippen molar-refractivity contribution in [1.82, 2.24) is 0 Å². The van der Waals surface area contributed by atoms with Crippen molar-refractivity contribution in [1.29, 1.82) is 0 Å². The molecule has 1 aromatic heterocycles. The molecule has 0 radical (unpaired) electrons. The van der Waals surface area contributed by atoms with Crippen LogP contribution < -0.4 is 10.2 Å². The van der Waals surface area contributed by atoms with Gasteiger partial charge in [-0.3, -0.25) is 4.79 Å². The Labute approximate surface area is 184 Å². The fourth-order valence-electron chi connectivity index (χ4n) is 3.49. The molecule has 0 aliphatic carbocycles. The number of benzene rings is 2. The molecule has 33 heavy (non-hydrogen) atoms. The molecule has 12 heteroatoms. The summed E-state index contributed by atoms with van der Waals surface area (Å²) in [5.74, 6) is -3.11. The smallest absolute Gasteiger partial charge is 0.229 e. The Hall–Kier alpha value is -3.55. The van der Waals surface area contributed by atoms with Crippen molar-refractivity contribution in [3.8, 4) is 40.1 Å². The van der Waals surface area contributed by atoms with Gasteiger partial charge < -0.3 is 54.7 Å². The van der Waals surface area contributed by atoms with Crippen LogP contribution in [0.3, 0.4) is 0 Å². The van der Waals surface area contributed by atoms with E-state index in [0.717, 1.165) is 18.2 Å². The lowest BCUT2D eigenvalue weighted by Gasteiger charge is -2.39. The van der Waals surface area contributed by atoms with Gasteiger partial charge in [0, 0.05) is 17.7 Å². The maximum Gasteiger partial charge on any atom is 0.229 e. The molecule has 1 fully saturated rings. The lowest BCUT2D eigenvalue weighted by molar-refractivity contribution is -0.277. The van der Waals surface area contributed by atoms with Crippen LogP contribution in [-0.4, -0.2) is 78.2 Å². The van der Waals surface area contributed by atoms with Crippen LogP contribution in [-0.2, 0) is 4.74 Å². The van der Waals surface area contributed by atoms with Gasteiger partial charge in [0.25, 0.3) is 0 Å². The van der Waals surface area contributed by atoms with E-state index in [4.69, 9.17) is 13.9 Å². The third-order valence-corrected chi connectivity index (χ3v) is 5.27. The van der Waals surface area contributed by atoms with Crippen LogP contribution in [0.5, 0.6) is 28.7 Å². The van der Waals surface area contributed by atoms with E-state index in [2.05, 4.69) is 0 Å². The summed E-state index contributed by atoms with van der Waals surface area (Å²) in [4.78, 5) is 12.7. The largest absolute Gasteiger partial charge is 0.504 e. The van der Waals surface area contributed by atoms with Gasteiger partial charge in [0.2, 0.25) is 12.0 Å². The molecular weight excluding hydrogens is 444 g/mol. The number of fused-ring (bicyclic) bond motifs is 1. The van der Waals surface area contributed by atoms with Gasteiger partial charge in [-0.15, -0.1) is 0 Å². The van der Waals surface area contributed by atoms with Crippen LogP contribution in [0.4, 0.5) is 0 Å². The summed E-state index contributed by atoms with van der Waals surface area (Å²) in [7, 11) is 0. The van der Waals surface area contributed by atoms with Crippen molar-refractivity contribution < 1.29 is 54.7 Å². The molecule has 0 amide bonds. The lowest BCUT2D eigenvalue weighted by Crippen LogP contribution is -2.60. The van der Waals surface area contributed by atoms with Crippen LogP contribution in [0.15, 0.2) is 39.5 Å². The van der Waals surface area contributed by atoms with E-state index < -0.39 is 65.7 Å². The zero-order valence-electron chi connectivity index (χ0n) is 16.7. The Kier molecular flexibility index (Phi) is 5.78. The Morgan fingerprint density at radius 1 is 0.879 bits per heavy atom. The number of hydrogen-bond donors (Lipinski definition) is 8. The van der Waals surface area contributed by atoms with E-state index in [1.54, 1.807) is 0 Å². The third-order valence-electron chi connectivity index (χ3n) is 5.27. The van der Waals surface area contributed by atoms with Crippen molar-refractivity contribution >= 4 is 11.0 Å². The average Bonchev–Trinajstić information content (AvgIpc) is 2.77. The summed E-state index contributed by atoms with van der Waals surface area (Å²) in [5, 5.41) is 78.8. The van der Waals surface area contributed by atoms with Crippen LogP contribution in [0.25, 0.3) is 22.3 Å². The zero-order valence-corrected chi connectivity index (χ0v) is 16.7. The van der Waals surface area contributed by atoms with Gasteiger partial charge in [-0.2, -0.15) is 0 Å². The molecule has 0 bridgehead atoms. The first-order chi connectivity index (χ1) is 15.6. The molecule has 1 aliphatic rings. The molecule has 8 N–H and O–H groups in total. The molecule has 1 saturated heterocycles. The first kappa shape index (κ1) is 22.6. The number of phenolic OH excluding ortho intramolecular Hbond substituents is 4. The molecular formula is C21H20O12. The van der Waals surface area contributed by atoms with E-state index in [1.807, 2.05) is 0 Å². The minimum absolute atomic E-state index is 0.0378. The Morgan fingerprint density at radius 2 is 1.61 bits per heavy atom. The van der Waals surface area contributed by atoms with Gasteiger partial charge >= 0.3 is 0 Å². The monoisotopic (exact) mass is 464 g/mol. The summed E-state index contributed by atoms with van der Waals surface area (Å²) >= 11 is 0. The highest BCUT2D eigenvalue weighted by Crippen LogP contribution is 2.43. The summed E-state index contributed by atoms with van der Waals surface area (Å²) in [6.45, 7) is -0.723. The first-order valence-electron chi connectivity index (χ1n) is 9.64. The predicted octanol–water partition coefficient (Wildman–Crippen LogP) is -0.539. The first-order valence-corrected chi connectivity index (χ1v) is 9.64. The molecule has 1 aliphatic heterocycles. The Morgan fingerprint density at radius 3 is 2.27 bits per heavy atom. The standard InChI is InChI=1S/C21H20O12/c22-6-14-16(27)18(29)19(30)21(32-14)33-20-11(26)5-13-15(17(20)28)10(25)4-12(31-13)7-1-2-8(23)9(24)3-7/h1-5,14,16,18-19,21-24,26-30H,6H2/t14-,16-,18+,19-,21+/m0/s1. The van der Waals surface area contributed by atoms with Crippen LogP contribution in [0.2, 0.25) is 0 Å². The Bertz CT molecular complexity index is 1250. The molecule has 12 nitrogen and oxygen atoms in total. The topological polar surface area (TPSA) is 211 Å². The normalized spacial score (nSPS) is 25.3. The second kappa shape index (κ2) is 8.42. The predicted molar refractivity (Wildman–Crippen MR) is 109 cm³/mol. The fraction of sp³-hybridized carbons (Fsp3) is 0.286. The minimum Gasteiger partial charge on any atom is -0.504 e. The number of phenols is 4. The van der Waals surface area contributed by atoms with Crippen molar-refractivity contribution in [2.45, 2.75) is 30.7 Å². The van der Waals surface area contributed by atoms with Gasteiger partial charge in [0.1, 0.15) is 41.1 Å². The highest BCUT2D eigenvalue weighted by Gasteiger charge is 2.45. The lowest BCUT2D eigenvalue weighted by atomic mass is 9.99. The van der Waals surface area contributed by atoms with E-state index in [1.165, 1.54) is 12.1 Å². The summed E-state index contributed by atoms with van der Waals surface area (Å²) < 4.78 is 16.0. The zero-order chi connectivity index (χ0) is 24.0. The third kappa shape index (κ3) is 3.90. The highest BCUT2D eigenvalue weighted by atomic mass is 16.7. The second-order valence-corrected chi connectivity index (χ2v) is 7.44. The molecule has 3 aromatic rings. The van der Waals surface area contributed by atoms with E-state index >= 15 is 0 Å². The quantitative estimate of drug-likeness (QED) is 0.229. The molecule has 2 heterocycles. The molecule has 4 rings (SSSR count). The molecule has 0 spiro atoms. The summed E-state index contributed by atoms with van der Waals surface area (Å²) in [5.41, 5.74) is -0.777. The molecule has 5 atom stereocenters. The van der Waals surface area contributed by atoms with E-state index in [9.17, 15) is 45.6 Å². The van der Waals surface area contributed by atoms with Crippen molar-refractivity contribution in [2.75, 3.05) is 6.61 Å². The van der Waals surface area contributed by atoms with Gasteiger partial charge in [-0.25, -0.2) is 0 Å². The van der Waals surface area contributed by atoms with Gasteiger partial charge in [0.15, 0.2) is 28.4 Å². The summed E-state index contributed by atoms with van der Waals surface area (Å²) in [6.07, 6.45) is -8.25. The molecule has 176 valence electrons. The van der Waals surface area contributed by atoms with E-state index in [0.29, 0.717) is 0 Å². The number of aromatic hydroxyl groups is 4. The maximum atomic E-state index is 12.7. The van der Waals surface area contributed by atoms with Crippen molar-refractivity contribution in [2.24, 2.45) is 0 Å². The van der Waals surface area contributed by atoms with Crippen LogP contribution >= 0.6 is 0 Å². The molecule has 2 aromatic carbocycles. The molecule has 0 saturated carbocycles. The number of ether oxygens (including phenoxy) is 2. The van der Waals surface area contributed by atoms with Gasteiger partial charge in [0.05, 0.1) is 6.61 Å². The maximum absolute atomic E-state index is 12.7. The minimum atomic E-state index is -1.82.